The molecule has 0 amide bonds. The minimum atomic E-state index is -0.197. The van der Waals surface area contributed by atoms with E-state index >= 15 is 0 Å². The molecule has 0 bridgehead atoms. The second kappa shape index (κ2) is 4.75. The molecule has 100 valence electrons. The fourth-order valence-electron chi connectivity index (χ4n) is 2.71. The van der Waals surface area contributed by atoms with Crippen molar-refractivity contribution in [3.8, 4) is 0 Å². The number of nitrogens with one attached hydrogen (secondary N) is 2. The average molecular weight is 250 g/mol. The second-order valence-electron chi connectivity index (χ2n) is 6.08. The molecule has 1 aliphatic heterocycles. The van der Waals surface area contributed by atoms with Crippen molar-refractivity contribution in [2.45, 2.75) is 52.5 Å². The van der Waals surface area contributed by atoms with Crippen LogP contribution in [0.4, 0.5) is 0 Å². The molecule has 1 aliphatic carbocycles. The molecule has 1 saturated carbocycles. The van der Waals surface area contributed by atoms with Crippen LogP contribution in [0.25, 0.3) is 0 Å². The van der Waals surface area contributed by atoms with Crippen molar-refractivity contribution in [1.29, 1.82) is 0 Å². The molecule has 2 fully saturated rings. The molecule has 4 heteroatoms. The van der Waals surface area contributed by atoms with Crippen LogP contribution in [0.2, 0.25) is 0 Å². The highest BCUT2D eigenvalue weighted by Crippen LogP contribution is 2.34. The van der Waals surface area contributed by atoms with Gasteiger partial charge in [0.05, 0.1) is 0 Å². The minimum absolute atomic E-state index is 0.0250. The summed E-state index contributed by atoms with van der Waals surface area (Å²) < 4.78 is 0. The Balaban J connectivity index is 2.26. The lowest BCUT2D eigenvalue weighted by Gasteiger charge is -2.33. The summed E-state index contributed by atoms with van der Waals surface area (Å²) in [4.78, 5) is 24.3. The first kappa shape index (κ1) is 13.1. The van der Waals surface area contributed by atoms with Gasteiger partial charge in [0, 0.05) is 25.4 Å². The van der Waals surface area contributed by atoms with Crippen LogP contribution < -0.4 is 10.6 Å². The van der Waals surface area contributed by atoms with E-state index in [1.165, 1.54) is 0 Å². The predicted molar refractivity (Wildman–Crippen MR) is 69.9 cm³/mol. The molecule has 1 heterocycles. The lowest BCUT2D eigenvalue weighted by atomic mass is 9.74. The van der Waals surface area contributed by atoms with Gasteiger partial charge in [0.2, 0.25) is 0 Å². The van der Waals surface area contributed by atoms with Gasteiger partial charge in [0.1, 0.15) is 11.4 Å². The predicted octanol–water partition coefficient (Wildman–Crippen LogP) is 1.52. The zero-order chi connectivity index (χ0) is 13.3. The molecule has 18 heavy (non-hydrogen) atoms. The van der Waals surface area contributed by atoms with Crippen molar-refractivity contribution in [2.75, 3.05) is 6.54 Å². The Morgan fingerprint density at radius 2 is 1.83 bits per heavy atom. The van der Waals surface area contributed by atoms with Crippen LogP contribution in [0.1, 0.15) is 46.5 Å². The third-order valence-electron chi connectivity index (χ3n) is 3.72. The molecular weight excluding hydrogens is 228 g/mol. The van der Waals surface area contributed by atoms with Gasteiger partial charge in [-0.05, 0) is 18.3 Å². The zero-order valence-electron chi connectivity index (χ0n) is 11.4. The highest BCUT2D eigenvalue weighted by Gasteiger charge is 2.38. The molecule has 0 radical (unpaired) electrons. The van der Waals surface area contributed by atoms with Gasteiger partial charge in [-0.3, -0.25) is 9.59 Å². The number of Topliss-reactive ketones (excluding diaryl/α,β-unsaturated/α-hetero) is 2. The van der Waals surface area contributed by atoms with Gasteiger partial charge < -0.3 is 10.6 Å². The summed E-state index contributed by atoms with van der Waals surface area (Å²) in [5.74, 6) is 0.615. The standard InChI is InChI=1S/C14H22N2O2/c1-4-9-5-6-15-13(16-9)12-10(17)7-14(2,3)8-11(12)18/h9,15-16H,4-8H2,1-3H3. The normalized spacial score (nSPS) is 27.8. The topological polar surface area (TPSA) is 58.2 Å². The van der Waals surface area contributed by atoms with E-state index in [-0.39, 0.29) is 17.0 Å². The van der Waals surface area contributed by atoms with Gasteiger partial charge in [-0.25, -0.2) is 0 Å². The van der Waals surface area contributed by atoms with Gasteiger partial charge in [0.25, 0.3) is 0 Å². The molecule has 1 saturated heterocycles. The Bertz CT molecular complexity index is 388. The maximum atomic E-state index is 12.2. The van der Waals surface area contributed by atoms with Crippen LogP contribution in [-0.4, -0.2) is 24.2 Å². The average Bonchev–Trinajstić information content (AvgIpc) is 2.26. The quantitative estimate of drug-likeness (QED) is 0.547. The summed E-state index contributed by atoms with van der Waals surface area (Å²) >= 11 is 0. The number of carbonyl (C=O) groups excluding carboxylic acids is 2. The third kappa shape index (κ3) is 2.57. The van der Waals surface area contributed by atoms with Gasteiger partial charge in [0.15, 0.2) is 11.6 Å². The van der Waals surface area contributed by atoms with Crippen LogP contribution >= 0.6 is 0 Å². The smallest absolute Gasteiger partial charge is 0.170 e. The maximum absolute atomic E-state index is 12.2. The lowest BCUT2D eigenvalue weighted by molar-refractivity contribution is -0.127. The van der Waals surface area contributed by atoms with E-state index in [0.29, 0.717) is 30.3 Å². The Labute approximate surface area is 108 Å². The van der Waals surface area contributed by atoms with E-state index < -0.39 is 0 Å². The summed E-state index contributed by atoms with van der Waals surface area (Å²) in [7, 11) is 0. The molecule has 2 aliphatic rings. The Kier molecular flexibility index (Phi) is 3.46. The number of ketones is 2. The summed E-state index contributed by atoms with van der Waals surface area (Å²) in [5, 5.41) is 6.46. The van der Waals surface area contributed by atoms with Crippen molar-refractivity contribution < 1.29 is 9.59 Å². The van der Waals surface area contributed by atoms with Crippen molar-refractivity contribution in [3.05, 3.63) is 11.4 Å². The second-order valence-corrected chi connectivity index (χ2v) is 6.08. The number of allylic oxidation sites excluding steroid dienone is 1. The summed E-state index contributed by atoms with van der Waals surface area (Å²) in [6.45, 7) is 6.88. The first-order valence-electron chi connectivity index (χ1n) is 6.74. The first-order valence-corrected chi connectivity index (χ1v) is 6.74. The Morgan fingerprint density at radius 3 is 2.39 bits per heavy atom. The minimum Gasteiger partial charge on any atom is -0.371 e. The SMILES string of the molecule is CCC1CCNC(=C2C(=O)CC(C)(C)CC2=O)N1. The molecular formula is C14H22N2O2. The van der Waals surface area contributed by atoms with Crippen molar-refractivity contribution >= 4 is 11.6 Å². The van der Waals surface area contributed by atoms with Gasteiger partial charge >= 0.3 is 0 Å². The Morgan fingerprint density at radius 1 is 1.22 bits per heavy atom. The highest BCUT2D eigenvalue weighted by molar-refractivity contribution is 6.22. The van der Waals surface area contributed by atoms with Crippen LogP contribution in [0.5, 0.6) is 0 Å². The molecule has 4 nitrogen and oxygen atoms in total. The van der Waals surface area contributed by atoms with Gasteiger partial charge in [-0.15, -0.1) is 0 Å². The summed E-state index contributed by atoms with van der Waals surface area (Å²) in [6, 6.07) is 0.365. The maximum Gasteiger partial charge on any atom is 0.170 e. The molecule has 1 atom stereocenters. The molecule has 0 aromatic heterocycles. The number of hydrogen-bond acceptors (Lipinski definition) is 4. The van der Waals surface area contributed by atoms with Gasteiger partial charge in [-0.2, -0.15) is 0 Å². The van der Waals surface area contributed by atoms with E-state index in [9.17, 15) is 9.59 Å². The van der Waals surface area contributed by atoms with Gasteiger partial charge in [-0.1, -0.05) is 20.8 Å². The molecule has 0 aromatic rings. The number of carbonyl (C=O) groups is 2. The monoisotopic (exact) mass is 250 g/mol. The van der Waals surface area contributed by atoms with E-state index in [0.717, 1.165) is 19.4 Å². The highest BCUT2D eigenvalue weighted by atomic mass is 16.2. The number of rotatable bonds is 1. The van der Waals surface area contributed by atoms with Crippen LogP contribution in [0, 0.1) is 5.41 Å². The van der Waals surface area contributed by atoms with Crippen molar-refractivity contribution in [3.63, 3.8) is 0 Å². The van der Waals surface area contributed by atoms with Crippen LogP contribution in [-0.2, 0) is 9.59 Å². The summed E-state index contributed by atoms with van der Waals surface area (Å²) in [6.07, 6.45) is 2.95. The molecule has 0 aromatic carbocycles. The van der Waals surface area contributed by atoms with E-state index in [4.69, 9.17) is 0 Å². The molecule has 2 N–H and O–H groups in total. The fourth-order valence-corrected chi connectivity index (χ4v) is 2.71. The van der Waals surface area contributed by atoms with Crippen LogP contribution in [0.15, 0.2) is 11.4 Å². The van der Waals surface area contributed by atoms with Crippen molar-refractivity contribution in [2.24, 2.45) is 5.41 Å². The lowest BCUT2D eigenvalue weighted by Crippen LogP contribution is -2.46. The zero-order valence-corrected chi connectivity index (χ0v) is 11.4. The molecule has 2 rings (SSSR count). The first-order chi connectivity index (χ1) is 8.43. The van der Waals surface area contributed by atoms with E-state index in [1.54, 1.807) is 0 Å². The van der Waals surface area contributed by atoms with E-state index in [1.807, 2.05) is 13.8 Å². The fraction of sp³-hybridized carbons (Fsp3) is 0.714. The Hall–Kier alpha value is -1.32. The molecule has 0 spiro atoms. The molecule has 1 unspecified atom stereocenters. The van der Waals surface area contributed by atoms with E-state index in [2.05, 4.69) is 17.6 Å². The largest absolute Gasteiger partial charge is 0.371 e. The number of hydrogen-bond donors (Lipinski definition) is 2. The third-order valence-corrected chi connectivity index (χ3v) is 3.72. The van der Waals surface area contributed by atoms with Crippen molar-refractivity contribution in [1.82, 2.24) is 10.6 Å². The van der Waals surface area contributed by atoms with Crippen LogP contribution in [0.3, 0.4) is 0 Å². The summed E-state index contributed by atoms with van der Waals surface area (Å²) in [5.41, 5.74) is 0.171.